The van der Waals surface area contributed by atoms with Crippen LogP contribution in [0.1, 0.15) is 0 Å². The average Bonchev–Trinajstić information content (AvgIpc) is 1.68. The van der Waals surface area contributed by atoms with E-state index in [1.807, 2.05) is 0 Å². The number of nitrogens with one attached hydrogen (secondary N) is 2. The van der Waals surface area contributed by atoms with E-state index < -0.39 is 5.34 Å². The van der Waals surface area contributed by atoms with Gasteiger partial charge < -0.3 is 5.21 Å². The molecule has 42 valence electrons. The summed E-state index contributed by atoms with van der Waals surface area (Å²) in [6.45, 7) is 2.91. The highest BCUT2D eigenvalue weighted by atomic mass is 17.0. The maximum atomic E-state index is 9.90. The molecule has 0 aromatic heterocycles. The van der Waals surface area contributed by atoms with Crippen molar-refractivity contribution in [1.82, 2.24) is 5.48 Å². The number of hydroxylamine groups is 1. The van der Waals surface area contributed by atoms with E-state index in [1.54, 1.807) is 0 Å². The Hall–Kier alpha value is -0.490. The second-order valence-corrected chi connectivity index (χ2v) is 0.730. The van der Waals surface area contributed by atoms with Crippen LogP contribution in [0, 0.1) is 5.21 Å². The summed E-state index contributed by atoms with van der Waals surface area (Å²) >= 11 is 0. The van der Waals surface area contributed by atoms with Gasteiger partial charge in [0.1, 0.15) is 0 Å². The smallest absolute Gasteiger partial charge is 0.0504 e. The molecule has 0 heterocycles. The molecule has 0 aliphatic heterocycles. The molecule has 0 aliphatic rings. The van der Waals surface area contributed by atoms with Crippen LogP contribution in [-0.2, 0) is 4.94 Å². The summed E-state index contributed by atoms with van der Waals surface area (Å²) in [5.74, 6) is 0. The summed E-state index contributed by atoms with van der Waals surface area (Å²) in [6.07, 6.45) is 0. The third-order valence-corrected chi connectivity index (χ3v) is 0.318. The van der Waals surface area contributed by atoms with E-state index in [0.717, 1.165) is 0 Å². The standard InChI is InChI=1S/C2H7N3O2/c1-3-5(6)7-4-2/h4-5H,1H2,2H3. The van der Waals surface area contributed by atoms with Crippen LogP contribution in [-0.4, -0.2) is 13.8 Å². The Morgan fingerprint density at radius 1 is 2.00 bits per heavy atom. The monoisotopic (exact) mass is 105 g/mol. The van der Waals surface area contributed by atoms with Gasteiger partial charge in [0.15, 0.2) is 0 Å². The average molecular weight is 105 g/mol. The topological polar surface area (TPSA) is 61.1 Å². The third-order valence-electron chi connectivity index (χ3n) is 0.318. The summed E-state index contributed by atoms with van der Waals surface area (Å²) < 4.78 is 0. The molecular weight excluding hydrogens is 98.0 g/mol. The zero-order chi connectivity index (χ0) is 5.70. The normalized spacial score (nSPS) is 13.4. The van der Waals surface area contributed by atoms with Gasteiger partial charge in [-0.3, -0.25) is 0 Å². The molecule has 0 aromatic rings. The lowest BCUT2D eigenvalue weighted by atomic mass is 11.6. The Bertz CT molecular complexity index is 56.9. The number of nitrogens with zero attached hydrogens (tertiary/aromatic N) is 1. The molecule has 0 saturated heterocycles. The quantitative estimate of drug-likeness (QED) is 0.324. The van der Waals surface area contributed by atoms with Gasteiger partial charge in [0.2, 0.25) is 0 Å². The number of hydrogen-bond donors (Lipinski definition) is 2. The minimum absolute atomic E-state index is 0.720. The van der Waals surface area contributed by atoms with Crippen molar-refractivity contribution in [3.8, 4) is 0 Å². The zero-order valence-corrected chi connectivity index (χ0v) is 3.97. The van der Waals surface area contributed by atoms with Crippen molar-refractivity contribution in [2.75, 3.05) is 7.05 Å². The molecule has 5 nitrogen and oxygen atoms in total. The fraction of sp³-hybridized carbons (Fsp3) is 0.500. The van der Waals surface area contributed by atoms with Crippen molar-refractivity contribution >= 4 is 6.72 Å². The van der Waals surface area contributed by atoms with E-state index >= 15 is 0 Å². The fourth-order valence-corrected chi connectivity index (χ4v) is 0.120. The largest absolute Gasteiger partial charge is 0.571 e. The first-order valence-corrected chi connectivity index (χ1v) is 1.65. The molecule has 0 rings (SSSR count). The molecule has 0 aliphatic carbocycles. The maximum Gasteiger partial charge on any atom is 0.0504 e. The predicted molar refractivity (Wildman–Crippen MR) is 24.0 cm³/mol. The van der Waals surface area contributed by atoms with E-state index in [0.29, 0.717) is 0 Å². The highest BCUT2D eigenvalue weighted by molar-refractivity contribution is 5.20. The van der Waals surface area contributed by atoms with Gasteiger partial charge >= 0.3 is 0 Å². The molecular formula is C2H7N3O2. The lowest BCUT2D eigenvalue weighted by molar-refractivity contribution is -1.07. The molecule has 2 N–H and O–H groups in total. The van der Waals surface area contributed by atoms with Crippen molar-refractivity contribution < 1.29 is 10.3 Å². The van der Waals surface area contributed by atoms with Gasteiger partial charge in [0, 0.05) is 7.05 Å². The number of rotatable bonds is 3. The molecule has 7 heavy (non-hydrogen) atoms. The van der Waals surface area contributed by atoms with E-state index in [4.69, 9.17) is 0 Å². The van der Waals surface area contributed by atoms with E-state index in [9.17, 15) is 5.21 Å². The van der Waals surface area contributed by atoms with Gasteiger partial charge in [-0.25, -0.2) is 0 Å². The zero-order valence-electron chi connectivity index (χ0n) is 3.97. The van der Waals surface area contributed by atoms with E-state index in [2.05, 4.69) is 22.2 Å². The second-order valence-electron chi connectivity index (χ2n) is 0.730. The molecule has 0 fully saturated rings. The molecule has 1 unspecified atom stereocenters. The van der Waals surface area contributed by atoms with Crippen LogP contribution in [0.4, 0.5) is 0 Å². The lowest BCUT2D eigenvalue weighted by Crippen LogP contribution is -3.02. The van der Waals surface area contributed by atoms with Crippen molar-refractivity contribution in [1.29, 1.82) is 0 Å². The number of hydrogen-bond acceptors (Lipinski definition) is 4. The van der Waals surface area contributed by atoms with Crippen LogP contribution < -0.4 is 10.8 Å². The van der Waals surface area contributed by atoms with Gasteiger partial charge in [-0.15, -0.1) is 5.48 Å². The first-order chi connectivity index (χ1) is 3.31. The Morgan fingerprint density at radius 2 is 2.57 bits per heavy atom. The predicted octanol–water partition coefficient (Wildman–Crippen LogP) is -1.95. The lowest BCUT2D eigenvalue weighted by Gasteiger charge is -2.07. The Balaban J connectivity index is 2.98. The Morgan fingerprint density at radius 3 is 2.71 bits per heavy atom. The van der Waals surface area contributed by atoms with Crippen molar-refractivity contribution in [3.63, 3.8) is 0 Å². The van der Waals surface area contributed by atoms with Gasteiger partial charge in [-0.1, -0.05) is 15.4 Å². The van der Waals surface area contributed by atoms with Gasteiger partial charge in [-0.2, -0.15) is 0 Å². The number of quaternary nitrogens is 1. The molecule has 0 radical (unpaired) electrons. The molecule has 1 atom stereocenters. The molecule has 0 saturated carbocycles. The van der Waals surface area contributed by atoms with Crippen LogP contribution in [0.15, 0.2) is 5.10 Å². The van der Waals surface area contributed by atoms with Crippen molar-refractivity contribution in [2.45, 2.75) is 0 Å². The summed E-state index contributed by atoms with van der Waals surface area (Å²) in [5.41, 5.74) is 2.14. The van der Waals surface area contributed by atoms with Crippen LogP contribution in [0.3, 0.4) is 0 Å². The van der Waals surface area contributed by atoms with Gasteiger partial charge in [0.05, 0.1) is 6.72 Å². The van der Waals surface area contributed by atoms with Gasteiger partial charge in [-0.05, 0) is 0 Å². The van der Waals surface area contributed by atoms with Crippen LogP contribution >= 0.6 is 0 Å². The van der Waals surface area contributed by atoms with Crippen molar-refractivity contribution in [3.05, 3.63) is 5.21 Å². The van der Waals surface area contributed by atoms with Crippen LogP contribution in [0.5, 0.6) is 0 Å². The Labute approximate surface area is 41.0 Å². The summed E-state index contributed by atoms with van der Waals surface area (Å²) in [6, 6.07) is 0. The minimum atomic E-state index is -0.720. The molecule has 0 amide bonds. The van der Waals surface area contributed by atoms with E-state index in [1.165, 1.54) is 7.05 Å². The second kappa shape index (κ2) is 3.69. The van der Waals surface area contributed by atoms with E-state index in [-0.39, 0.29) is 0 Å². The summed E-state index contributed by atoms with van der Waals surface area (Å²) in [7, 11) is 1.46. The molecule has 0 spiro atoms. The van der Waals surface area contributed by atoms with Crippen LogP contribution in [0.2, 0.25) is 0 Å². The summed E-state index contributed by atoms with van der Waals surface area (Å²) in [5, 5.41) is 12.1. The fourth-order valence-electron chi connectivity index (χ4n) is 0.120. The highest BCUT2D eigenvalue weighted by Crippen LogP contribution is 1.36. The third kappa shape index (κ3) is 3.34. The maximum absolute atomic E-state index is 9.90. The van der Waals surface area contributed by atoms with Crippen molar-refractivity contribution in [2.24, 2.45) is 5.10 Å². The summed E-state index contributed by atoms with van der Waals surface area (Å²) in [4.78, 5) is 4.07. The first-order valence-electron chi connectivity index (χ1n) is 1.65. The molecule has 0 aromatic carbocycles. The SMILES string of the molecule is C=N[NH+]([O-])ONC. The van der Waals surface area contributed by atoms with Gasteiger partial charge in [0.25, 0.3) is 0 Å². The highest BCUT2D eigenvalue weighted by Gasteiger charge is 1.82. The van der Waals surface area contributed by atoms with Crippen LogP contribution in [0.25, 0.3) is 0 Å². The first kappa shape index (κ1) is 6.51. The Kier molecular flexibility index (Phi) is 3.43. The molecule has 0 bridgehead atoms. The minimum Gasteiger partial charge on any atom is -0.571 e. The molecule has 5 heteroatoms.